The predicted molar refractivity (Wildman–Crippen MR) is 70.5 cm³/mol. The second-order valence-electron chi connectivity index (χ2n) is 4.44. The summed E-state index contributed by atoms with van der Waals surface area (Å²) in [6.07, 6.45) is 4.32. The van der Waals surface area contributed by atoms with Crippen LogP contribution in [0.1, 0.15) is 19.3 Å². The summed E-state index contributed by atoms with van der Waals surface area (Å²) < 4.78 is 13.5. The molecular formula is C12H18FN5O. The monoisotopic (exact) mass is 267 g/mol. The Balaban J connectivity index is 1.92. The zero-order valence-electron chi connectivity index (χ0n) is 10.9. The van der Waals surface area contributed by atoms with Crippen molar-refractivity contribution in [2.24, 2.45) is 0 Å². The summed E-state index contributed by atoms with van der Waals surface area (Å²) in [6, 6.07) is 0. The molecule has 2 rings (SSSR count). The predicted octanol–water partition coefficient (Wildman–Crippen LogP) is 1.08. The van der Waals surface area contributed by atoms with Gasteiger partial charge < -0.3 is 15.5 Å². The summed E-state index contributed by atoms with van der Waals surface area (Å²) >= 11 is 0. The molecule has 2 heterocycles. The molecule has 1 aliphatic rings. The van der Waals surface area contributed by atoms with Crippen molar-refractivity contribution >= 4 is 17.7 Å². The van der Waals surface area contributed by atoms with Crippen LogP contribution in [0, 0.1) is 5.82 Å². The zero-order chi connectivity index (χ0) is 13.7. The van der Waals surface area contributed by atoms with Crippen molar-refractivity contribution in [3.05, 3.63) is 12.0 Å². The highest BCUT2D eigenvalue weighted by Gasteiger charge is 2.16. The fourth-order valence-corrected chi connectivity index (χ4v) is 2.03. The topological polar surface area (TPSA) is 70.2 Å². The number of carbonyl (C=O) groups excluding carboxylic acids is 1. The van der Waals surface area contributed by atoms with Crippen molar-refractivity contribution < 1.29 is 9.18 Å². The number of nitrogens with one attached hydrogen (secondary N) is 2. The standard InChI is InChI=1S/C12H18FN5O/c1-14-12-16-7-9(13)11(17-12)15-8-10(19)18-5-3-2-4-6-18/h7H,2-6,8H2,1H3,(H2,14,15,16,17). The number of hydrogen-bond donors (Lipinski definition) is 2. The van der Waals surface area contributed by atoms with Gasteiger partial charge in [-0.1, -0.05) is 0 Å². The van der Waals surface area contributed by atoms with Gasteiger partial charge in [0, 0.05) is 20.1 Å². The molecule has 1 fully saturated rings. The lowest BCUT2D eigenvalue weighted by atomic mass is 10.1. The van der Waals surface area contributed by atoms with Crippen LogP contribution in [0.5, 0.6) is 0 Å². The first-order chi connectivity index (χ1) is 9.20. The molecule has 0 atom stereocenters. The normalized spacial score (nSPS) is 15.2. The van der Waals surface area contributed by atoms with Gasteiger partial charge in [-0.2, -0.15) is 4.98 Å². The number of hydrogen-bond acceptors (Lipinski definition) is 5. The van der Waals surface area contributed by atoms with Crippen molar-refractivity contribution in [3.63, 3.8) is 0 Å². The van der Waals surface area contributed by atoms with Crippen LogP contribution in [0.15, 0.2) is 6.20 Å². The molecule has 19 heavy (non-hydrogen) atoms. The van der Waals surface area contributed by atoms with Crippen LogP contribution in [0.25, 0.3) is 0 Å². The molecule has 0 aliphatic carbocycles. The molecule has 1 amide bonds. The SMILES string of the molecule is CNc1ncc(F)c(NCC(=O)N2CCCCC2)n1. The Morgan fingerprint density at radius 1 is 1.42 bits per heavy atom. The van der Waals surface area contributed by atoms with Gasteiger partial charge >= 0.3 is 0 Å². The van der Waals surface area contributed by atoms with E-state index in [0.29, 0.717) is 5.95 Å². The van der Waals surface area contributed by atoms with Crippen molar-refractivity contribution in [3.8, 4) is 0 Å². The Morgan fingerprint density at radius 2 is 2.16 bits per heavy atom. The van der Waals surface area contributed by atoms with E-state index in [1.54, 1.807) is 11.9 Å². The molecular weight excluding hydrogens is 249 g/mol. The number of aromatic nitrogens is 2. The van der Waals surface area contributed by atoms with Gasteiger partial charge in [-0.05, 0) is 19.3 Å². The molecule has 1 aliphatic heterocycles. The average molecular weight is 267 g/mol. The lowest BCUT2D eigenvalue weighted by Crippen LogP contribution is -2.39. The molecule has 0 saturated carbocycles. The minimum Gasteiger partial charge on any atom is -0.358 e. The van der Waals surface area contributed by atoms with Crippen LogP contribution in [0.4, 0.5) is 16.2 Å². The van der Waals surface area contributed by atoms with E-state index < -0.39 is 5.82 Å². The molecule has 0 spiro atoms. The maximum Gasteiger partial charge on any atom is 0.241 e. The fraction of sp³-hybridized carbons (Fsp3) is 0.583. The molecule has 0 aromatic carbocycles. The highest BCUT2D eigenvalue weighted by molar-refractivity contribution is 5.80. The van der Waals surface area contributed by atoms with E-state index >= 15 is 0 Å². The largest absolute Gasteiger partial charge is 0.358 e. The summed E-state index contributed by atoms with van der Waals surface area (Å²) in [5, 5.41) is 5.45. The maximum absolute atomic E-state index is 13.5. The Hall–Kier alpha value is -1.92. The highest BCUT2D eigenvalue weighted by atomic mass is 19.1. The van der Waals surface area contributed by atoms with Crippen LogP contribution in [0.3, 0.4) is 0 Å². The van der Waals surface area contributed by atoms with Gasteiger partial charge in [-0.25, -0.2) is 9.37 Å². The molecule has 104 valence electrons. The third kappa shape index (κ3) is 3.52. The molecule has 0 unspecified atom stereocenters. The highest BCUT2D eigenvalue weighted by Crippen LogP contribution is 2.12. The summed E-state index contributed by atoms with van der Waals surface area (Å²) in [4.78, 5) is 21.4. The second kappa shape index (κ2) is 6.31. The molecule has 1 aromatic heterocycles. The molecule has 1 saturated heterocycles. The van der Waals surface area contributed by atoms with Crippen molar-refractivity contribution in [1.82, 2.24) is 14.9 Å². The van der Waals surface area contributed by atoms with Crippen LogP contribution >= 0.6 is 0 Å². The first kappa shape index (κ1) is 13.5. The van der Waals surface area contributed by atoms with Crippen molar-refractivity contribution in [2.75, 3.05) is 37.3 Å². The number of carbonyl (C=O) groups is 1. The quantitative estimate of drug-likeness (QED) is 0.854. The lowest BCUT2D eigenvalue weighted by Gasteiger charge is -2.26. The first-order valence-corrected chi connectivity index (χ1v) is 6.42. The minimum atomic E-state index is -0.564. The molecule has 2 N–H and O–H groups in total. The Kier molecular flexibility index (Phi) is 4.48. The number of anilines is 2. The molecule has 0 radical (unpaired) electrons. The average Bonchev–Trinajstić information content (AvgIpc) is 2.47. The van der Waals surface area contributed by atoms with Gasteiger partial charge in [0.05, 0.1) is 12.7 Å². The molecule has 6 nitrogen and oxygen atoms in total. The van der Waals surface area contributed by atoms with E-state index in [9.17, 15) is 9.18 Å². The van der Waals surface area contributed by atoms with Gasteiger partial charge in [0.25, 0.3) is 0 Å². The summed E-state index contributed by atoms with van der Waals surface area (Å²) in [6.45, 7) is 1.63. The van der Waals surface area contributed by atoms with Gasteiger partial charge in [0.2, 0.25) is 11.9 Å². The van der Waals surface area contributed by atoms with E-state index in [-0.39, 0.29) is 18.3 Å². The van der Waals surface area contributed by atoms with Crippen molar-refractivity contribution in [2.45, 2.75) is 19.3 Å². The van der Waals surface area contributed by atoms with E-state index in [4.69, 9.17) is 0 Å². The molecule has 7 heteroatoms. The smallest absolute Gasteiger partial charge is 0.241 e. The van der Waals surface area contributed by atoms with Crippen LogP contribution in [-0.2, 0) is 4.79 Å². The van der Waals surface area contributed by atoms with Crippen LogP contribution in [0.2, 0.25) is 0 Å². The van der Waals surface area contributed by atoms with E-state index in [2.05, 4.69) is 20.6 Å². The molecule has 1 aromatic rings. The first-order valence-electron chi connectivity index (χ1n) is 6.42. The number of nitrogens with zero attached hydrogens (tertiary/aromatic N) is 3. The third-order valence-electron chi connectivity index (χ3n) is 3.08. The number of likely N-dealkylation sites (tertiary alicyclic amines) is 1. The van der Waals surface area contributed by atoms with Gasteiger partial charge in [0.1, 0.15) is 0 Å². The van der Waals surface area contributed by atoms with Crippen molar-refractivity contribution in [1.29, 1.82) is 0 Å². The van der Waals surface area contributed by atoms with E-state index in [1.165, 1.54) is 6.42 Å². The summed E-state index contributed by atoms with van der Waals surface area (Å²) in [7, 11) is 1.65. The maximum atomic E-state index is 13.5. The summed E-state index contributed by atoms with van der Waals surface area (Å²) in [5.41, 5.74) is 0. The number of halogens is 1. The summed E-state index contributed by atoms with van der Waals surface area (Å²) in [5.74, 6) is -0.229. The Morgan fingerprint density at radius 3 is 2.84 bits per heavy atom. The third-order valence-corrected chi connectivity index (χ3v) is 3.08. The fourth-order valence-electron chi connectivity index (χ4n) is 2.03. The minimum absolute atomic E-state index is 0.0243. The van der Waals surface area contributed by atoms with Gasteiger partial charge in [-0.15, -0.1) is 0 Å². The van der Waals surface area contributed by atoms with Crippen LogP contribution in [-0.4, -0.2) is 47.5 Å². The number of amides is 1. The molecule has 0 bridgehead atoms. The van der Waals surface area contributed by atoms with Gasteiger partial charge in [-0.3, -0.25) is 4.79 Å². The number of piperidine rings is 1. The second-order valence-corrected chi connectivity index (χ2v) is 4.44. The van der Waals surface area contributed by atoms with E-state index in [1.807, 2.05) is 0 Å². The van der Waals surface area contributed by atoms with Gasteiger partial charge in [0.15, 0.2) is 11.6 Å². The van der Waals surface area contributed by atoms with E-state index in [0.717, 1.165) is 32.1 Å². The Labute approximate surface area is 111 Å². The lowest BCUT2D eigenvalue weighted by molar-refractivity contribution is -0.130. The Bertz CT molecular complexity index is 448. The zero-order valence-corrected chi connectivity index (χ0v) is 10.9. The number of rotatable bonds is 4. The van der Waals surface area contributed by atoms with Crippen LogP contribution < -0.4 is 10.6 Å².